The third-order valence-electron chi connectivity index (χ3n) is 4.75. The van der Waals surface area contributed by atoms with Crippen molar-refractivity contribution in [2.45, 2.75) is 26.7 Å². The Morgan fingerprint density at radius 3 is 2.69 bits per heavy atom. The summed E-state index contributed by atoms with van der Waals surface area (Å²) in [7, 11) is 0. The number of nitrogens with zero attached hydrogens (tertiary/aromatic N) is 2. The van der Waals surface area contributed by atoms with Crippen molar-refractivity contribution in [3.05, 3.63) is 62.4 Å². The Morgan fingerprint density at radius 2 is 1.97 bits per heavy atom. The van der Waals surface area contributed by atoms with Crippen LogP contribution in [0.2, 0.25) is 10.0 Å². The first-order valence-corrected chi connectivity index (χ1v) is 10.7. The van der Waals surface area contributed by atoms with Crippen LogP contribution in [0, 0.1) is 0 Å². The van der Waals surface area contributed by atoms with Gasteiger partial charge in [-0.2, -0.15) is 0 Å². The molecule has 2 aromatic heterocycles. The number of hydrogen-bond acceptors (Lipinski definition) is 5. The van der Waals surface area contributed by atoms with E-state index in [2.05, 4.69) is 47.7 Å². The summed E-state index contributed by atoms with van der Waals surface area (Å²) in [5.41, 5.74) is 3.66. The summed E-state index contributed by atoms with van der Waals surface area (Å²) in [5, 5.41) is 12.3. The molecule has 0 saturated carbocycles. The van der Waals surface area contributed by atoms with E-state index in [1.165, 1.54) is 16.9 Å². The number of halogens is 2. The number of carbonyl (C=O) groups is 1. The number of anilines is 1. The first-order valence-electron chi connectivity index (χ1n) is 9.16. The largest absolute Gasteiger partial charge is 0.301 e. The van der Waals surface area contributed by atoms with Crippen molar-refractivity contribution >= 4 is 56.3 Å². The smallest absolute Gasteiger partial charge is 0.268 e. The summed E-state index contributed by atoms with van der Waals surface area (Å²) < 4.78 is 5.80. The third-order valence-corrected chi connectivity index (χ3v) is 6.71. The number of aryl methyl sites for hydroxylation is 2. The minimum Gasteiger partial charge on any atom is -0.301 e. The van der Waals surface area contributed by atoms with E-state index in [-0.39, 0.29) is 11.7 Å². The van der Waals surface area contributed by atoms with Crippen molar-refractivity contribution in [2.24, 2.45) is 0 Å². The Morgan fingerprint density at radius 1 is 1.14 bits per heavy atom. The molecule has 2 aromatic carbocycles. The highest BCUT2D eigenvalue weighted by Gasteiger charge is 2.23. The Balaban J connectivity index is 1.71. The van der Waals surface area contributed by atoms with E-state index < -0.39 is 0 Å². The molecule has 148 valence electrons. The van der Waals surface area contributed by atoms with Gasteiger partial charge in [0.15, 0.2) is 5.69 Å². The summed E-state index contributed by atoms with van der Waals surface area (Å²) in [6, 6.07) is 11.7. The second-order valence-corrected chi connectivity index (χ2v) is 8.31. The van der Waals surface area contributed by atoms with Gasteiger partial charge in [0.05, 0.1) is 10.0 Å². The SMILES string of the molecule is CCc1ccc(CC)c(-c2nonc2NC(=O)c2sc3cccc(Cl)c3c2Cl)c1. The second kappa shape index (κ2) is 8.14. The van der Waals surface area contributed by atoms with Crippen LogP contribution in [0.4, 0.5) is 5.82 Å². The van der Waals surface area contributed by atoms with Gasteiger partial charge < -0.3 is 5.32 Å². The van der Waals surface area contributed by atoms with Crippen LogP contribution in [0.3, 0.4) is 0 Å². The maximum atomic E-state index is 12.9. The molecule has 29 heavy (non-hydrogen) atoms. The quantitative estimate of drug-likeness (QED) is 0.373. The van der Waals surface area contributed by atoms with Crippen LogP contribution >= 0.6 is 34.5 Å². The topological polar surface area (TPSA) is 68.0 Å². The zero-order chi connectivity index (χ0) is 20.5. The van der Waals surface area contributed by atoms with Crippen molar-refractivity contribution < 1.29 is 9.42 Å². The van der Waals surface area contributed by atoms with Crippen LogP contribution in [-0.4, -0.2) is 16.2 Å². The van der Waals surface area contributed by atoms with E-state index in [1.54, 1.807) is 6.07 Å². The molecular formula is C21H17Cl2N3O2S. The molecule has 4 rings (SSSR count). The van der Waals surface area contributed by atoms with Crippen molar-refractivity contribution in [1.82, 2.24) is 10.3 Å². The molecular weight excluding hydrogens is 429 g/mol. The fourth-order valence-electron chi connectivity index (χ4n) is 3.20. The van der Waals surface area contributed by atoms with E-state index in [4.69, 9.17) is 27.8 Å². The average Bonchev–Trinajstić information content (AvgIpc) is 3.32. The molecule has 0 bridgehead atoms. The zero-order valence-electron chi connectivity index (χ0n) is 15.8. The maximum absolute atomic E-state index is 12.9. The van der Waals surface area contributed by atoms with E-state index >= 15 is 0 Å². The van der Waals surface area contributed by atoms with Crippen LogP contribution in [0.15, 0.2) is 41.0 Å². The summed E-state index contributed by atoms with van der Waals surface area (Å²) in [4.78, 5) is 13.3. The molecule has 5 nitrogen and oxygen atoms in total. The highest BCUT2D eigenvalue weighted by atomic mass is 35.5. The predicted molar refractivity (Wildman–Crippen MR) is 118 cm³/mol. The predicted octanol–water partition coefficient (Wildman–Crippen LogP) is 6.64. The van der Waals surface area contributed by atoms with Gasteiger partial charge in [-0.3, -0.25) is 4.79 Å². The molecule has 1 N–H and O–H groups in total. The fraction of sp³-hybridized carbons (Fsp3) is 0.190. The summed E-state index contributed by atoms with van der Waals surface area (Å²) in [6.45, 7) is 4.15. The molecule has 8 heteroatoms. The number of nitrogens with one attached hydrogen (secondary N) is 1. The van der Waals surface area contributed by atoms with Gasteiger partial charge in [0.25, 0.3) is 5.91 Å². The number of amides is 1. The molecule has 2 heterocycles. The molecule has 0 saturated heterocycles. The number of benzene rings is 2. The van der Waals surface area contributed by atoms with Crippen LogP contribution < -0.4 is 5.32 Å². The third kappa shape index (κ3) is 3.64. The first kappa shape index (κ1) is 19.9. The molecule has 0 unspecified atom stereocenters. The number of hydrogen-bond donors (Lipinski definition) is 1. The number of thiophene rings is 1. The second-order valence-electron chi connectivity index (χ2n) is 6.47. The molecule has 1 amide bonds. The van der Waals surface area contributed by atoms with Gasteiger partial charge in [-0.15, -0.1) is 11.3 Å². The highest BCUT2D eigenvalue weighted by molar-refractivity contribution is 7.21. The molecule has 4 aromatic rings. The summed E-state index contributed by atoms with van der Waals surface area (Å²) >= 11 is 14.0. The van der Waals surface area contributed by atoms with Gasteiger partial charge in [-0.25, -0.2) is 4.63 Å². The van der Waals surface area contributed by atoms with Gasteiger partial charge >= 0.3 is 0 Å². The Bertz CT molecular complexity index is 1220. The van der Waals surface area contributed by atoms with Crippen molar-refractivity contribution in [3.8, 4) is 11.3 Å². The lowest BCUT2D eigenvalue weighted by molar-refractivity contribution is 0.102. The monoisotopic (exact) mass is 445 g/mol. The number of rotatable bonds is 5. The molecule has 0 aliphatic heterocycles. The molecule has 0 spiro atoms. The van der Waals surface area contributed by atoms with Gasteiger partial charge in [0.2, 0.25) is 5.82 Å². The van der Waals surface area contributed by atoms with Crippen molar-refractivity contribution in [2.75, 3.05) is 5.32 Å². The summed E-state index contributed by atoms with van der Waals surface area (Å²) in [5.74, 6) is -0.119. The van der Waals surface area contributed by atoms with E-state index in [0.717, 1.165) is 28.7 Å². The van der Waals surface area contributed by atoms with Crippen LogP contribution in [-0.2, 0) is 12.8 Å². The highest BCUT2D eigenvalue weighted by Crippen LogP contribution is 2.40. The lowest BCUT2D eigenvalue weighted by atomic mass is 9.98. The van der Waals surface area contributed by atoms with E-state index in [0.29, 0.717) is 26.0 Å². The molecule has 0 aliphatic carbocycles. The normalized spacial score (nSPS) is 11.2. The lowest BCUT2D eigenvalue weighted by Gasteiger charge is -2.09. The van der Waals surface area contributed by atoms with Crippen LogP contribution in [0.5, 0.6) is 0 Å². The minimum atomic E-state index is -0.381. The van der Waals surface area contributed by atoms with Gasteiger partial charge in [-0.05, 0) is 52.5 Å². The van der Waals surface area contributed by atoms with Gasteiger partial charge in [0.1, 0.15) is 4.88 Å². The Labute approximate surface area is 181 Å². The van der Waals surface area contributed by atoms with Crippen LogP contribution in [0.25, 0.3) is 21.3 Å². The fourth-order valence-corrected chi connectivity index (χ4v) is 5.05. The Hall–Kier alpha value is -2.41. The number of fused-ring (bicyclic) bond motifs is 1. The van der Waals surface area contributed by atoms with Crippen molar-refractivity contribution in [1.29, 1.82) is 0 Å². The lowest BCUT2D eigenvalue weighted by Crippen LogP contribution is -2.12. The molecule has 0 atom stereocenters. The van der Waals surface area contributed by atoms with Crippen LogP contribution in [0.1, 0.15) is 34.6 Å². The first-order chi connectivity index (χ1) is 14.0. The van der Waals surface area contributed by atoms with E-state index in [9.17, 15) is 4.79 Å². The molecule has 0 fully saturated rings. The summed E-state index contributed by atoms with van der Waals surface area (Å²) in [6.07, 6.45) is 1.71. The average molecular weight is 446 g/mol. The number of aromatic nitrogens is 2. The molecule has 0 radical (unpaired) electrons. The standard InChI is InChI=1S/C21H17Cl2N3O2S/c1-3-11-8-9-12(4-2)13(10-11)18-20(26-28-25-18)24-21(27)19-17(23)16-14(22)6-5-7-15(16)29-19/h5-10H,3-4H2,1-2H3,(H,24,26,27). The maximum Gasteiger partial charge on any atom is 0.268 e. The molecule has 0 aliphatic rings. The zero-order valence-corrected chi connectivity index (χ0v) is 18.1. The number of carbonyl (C=O) groups excluding carboxylic acids is 1. The van der Waals surface area contributed by atoms with E-state index in [1.807, 2.05) is 12.1 Å². The Kier molecular flexibility index (Phi) is 5.58. The minimum absolute atomic E-state index is 0.262. The van der Waals surface area contributed by atoms with Crippen molar-refractivity contribution in [3.63, 3.8) is 0 Å². The van der Waals surface area contributed by atoms with Gasteiger partial charge in [0, 0.05) is 15.6 Å². The van der Waals surface area contributed by atoms with Gasteiger partial charge in [-0.1, -0.05) is 55.2 Å².